The van der Waals surface area contributed by atoms with Crippen LogP contribution in [0.15, 0.2) is 0 Å². The second-order valence-electron chi connectivity index (χ2n) is 5.50. The Morgan fingerprint density at radius 2 is 1.52 bits per heavy atom. The van der Waals surface area contributed by atoms with Crippen LogP contribution in [0.25, 0.3) is 0 Å². The van der Waals surface area contributed by atoms with Gasteiger partial charge in [0.1, 0.15) is 12.1 Å². The van der Waals surface area contributed by atoms with Crippen molar-refractivity contribution in [3.05, 3.63) is 0 Å². The van der Waals surface area contributed by atoms with Crippen LogP contribution in [0.4, 0.5) is 0 Å². The number of rotatable bonds is 14. The van der Waals surface area contributed by atoms with Gasteiger partial charge in [-0.05, 0) is 33.6 Å². The Morgan fingerprint density at radius 3 is 2.04 bits per heavy atom. The number of carbonyl (C=O) groups excluding carboxylic acids is 3. The molecule has 0 fully saturated rings. The van der Waals surface area contributed by atoms with E-state index in [1.807, 2.05) is 0 Å². The summed E-state index contributed by atoms with van der Waals surface area (Å²) in [4.78, 5) is 35.3. The first-order chi connectivity index (χ1) is 12.7. The Hall–Kier alpha value is -1.48. The van der Waals surface area contributed by atoms with Gasteiger partial charge in [-0.1, -0.05) is 0 Å². The van der Waals surface area contributed by atoms with Gasteiger partial charge in [-0.15, -0.1) is 0 Å². The van der Waals surface area contributed by atoms with Crippen molar-refractivity contribution in [3.8, 4) is 0 Å². The summed E-state index contributed by atoms with van der Waals surface area (Å²) in [7, 11) is -2.29. The molecular weight excluding hydrogens is 379 g/mol. The summed E-state index contributed by atoms with van der Waals surface area (Å²) >= 11 is 0. The maximum absolute atomic E-state index is 12.9. The molecule has 0 bridgehead atoms. The predicted molar refractivity (Wildman–Crippen MR) is 98.1 cm³/mol. The van der Waals surface area contributed by atoms with Gasteiger partial charge < -0.3 is 24.5 Å². The van der Waals surface area contributed by atoms with E-state index in [-0.39, 0.29) is 45.2 Å². The van der Waals surface area contributed by atoms with Crippen molar-refractivity contribution >= 4 is 25.4 Å². The molecule has 0 radical (unpaired) electrons. The maximum Gasteiger partial charge on any atom is 0.323 e. The lowest BCUT2D eigenvalue weighted by Crippen LogP contribution is -2.39. The summed E-state index contributed by atoms with van der Waals surface area (Å²) in [6.07, 6.45) is -0.103. The second-order valence-corrected chi connectivity index (χ2v) is 7.92. The molecule has 0 aromatic rings. The van der Waals surface area contributed by atoms with Crippen molar-refractivity contribution in [2.75, 3.05) is 33.1 Å². The fraction of sp³-hybridized carbons (Fsp3) is 0.812. The maximum atomic E-state index is 12.9. The van der Waals surface area contributed by atoms with Crippen molar-refractivity contribution in [1.29, 1.82) is 0 Å². The molecule has 0 spiro atoms. The van der Waals surface area contributed by atoms with Crippen LogP contribution < -0.4 is 10.8 Å². The smallest absolute Gasteiger partial charge is 0.323 e. The molecule has 0 aliphatic heterocycles. The summed E-state index contributed by atoms with van der Waals surface area (Å²) < 4.78 is 32.5. The fourth-order valence-corrected chi connectivity index (χ4v) is 3.84. The van der Waals surface area contributed by atoms with Crippen LogP contribution in [0.1, 0.15) is 40.0 Å². The van der Waals surface area contributed by atoms with Crippen molar-refractivity contribution < 1.29 is 37.7 Å². The predicted octanol–water partition coefficient (Wildman–Crippen LogP) is 0.971. The minimum atomic E-state index is -3.51. The lowest BCUT2D eigenvalue weighted by atomic mass is 10.2. The van der Waals surface area contributed by atoms with Crippen LogP contribution in [0.2, 0.25) is 0 Å². The zero-order chi connectivity index (χ0) is 20.9. The van der Waals surface area contributed by atoms with Crippen LogP contribution in [0, 0.1) is 0 Å². The average molecular weight is 410 g/mol. The molecule has 0 saturated heterocycles. The third-order valence-corrected chi connectivity index (χ3v) is 5.63. The summed E-state index contributed by atoms with van der Waals surface area (Å²) in [5.41, 5.74) is 5.70. The van der Waals surface area contributed by atoms with Gasteiger partial charge in [-0.2, -0.15) is 0 Å². The van der Waals surface area contributed by atoms with Gasteiger partial charge in [-0.25, -0.2) is 5.09 Å². The highest BCUT2D eigenvalue weighted by atomic mass is 31.2. The number of nitrogens with one attached hydrogen (secondary N) is 1. The van der Waals surface area contributed by atoms with Gasteiger partial charge in [0.05, 0.1) is 19.8 Å². The Bertz CT molecular complexity index is 529. The molecule has 158 valence electrons. The monoisotopic (exact) mass is 410 g/mol. The van der Waals surface area contributed by atoms with Gasteiger partial charge in [0.15, 0.2) is 0 Å². The van der Waals surface area contributed by atoms with Gasteiger partial charge in [-0.3, -0.25) is 18.9 Å². The number of esters is 3. The Balaban J connectivity index is 4.97. The summed E-state index contributed by atoms with van der Waals surface area (Å²) in [6.45, 7) is 5.49. The average Bonchev–Trinajstić information content (AvgIpc) is 2.63. The van der Waals surface area contributed by atoms with Gasteiger partial charge >= 0.3 is 17.9 Å². The summed E-state index contributed by atoms with van der Waals surface area (Å²) in [5, 5.41) is 2.63. The second kappa shape index (κ2) is 13.7. The van der Waals surface area contributed by atoms with E-state index in [4.69, 9.17) is 24.5 Å². The zero-order valence-electron chi connectivity index (χ0n) is 16.4. The van der Waals surface area contributed by atoms with Gasteiger partial charge in [0.25, 0.3) is 7.52 Å². The van der Waals surface area contributed by atoms with Crippen LogP contribution in [-0.4, -0.2) is 63.1 Å². The van der Waals surface area contributed by atoms with E-state index in [9.17, 15) is 18.9 Å². The van der Waals surface area contributed by atoms with E-state index in [0.29, 0.717) is 0 Å². The van der Waals surface area contributed by atoms with Crippen LogP contribution in [0.5, 0.6) is 0 Å². The van der Waals surface area contributed by atoms with E-state index < -0.39 is 37.5 Å². The summed E-state index contributed by atoms with van der Waals surface area (Å²) in [6, 6.07) is -1.99. The minimum Gasteiger partial charge on any atom is -0.466 e. The van der Waals surface area contributed by atoms with E-state index in [1.165, 1.54) is 7.11 Å². The zero-order valence-corrected chi connectivity index (χ0v) is 17.3. The molecule has 3 N–H and O–H groups in total. The third kappa shape index (κ3) is 10.4. The number of ether oxygens (including phenoxy) is 3. The Morgan fingerprint density at radius 1 is 0.963 bits per heavy atom. The lowest BCUT2D eigenvalue weighted by molar-refractivity contribution is -0.147. The van der Waals surface area contributed by atoms with Crippen molar-refractivity contribution in [2.24, 2.45) is 5.73 Å². The van der Waals surface area contributed by atoms with E-state index in [0.717, 1.165) is 0 Å². The molecule has 3 atom stereocenters. The van der Waals surface area contributed by atoms with Crippen LogP contribution >= 0.6 is 7.52 Å². The minimum absolute atomic E-state index is 0.0228. The molecule has 11 heteroatoms. The highest BCUT2D eigenvalue weighted by molar-refractivity contribution is 7.56. The van der Waals surface area contributed by atoms with Crippen molar-refractivity contribution in [3.63, 3.8) is 0 Å². The fourth-order valence-electron chi connectivity index (χ4n) is 2.10. The molecular formula is C16H31N2O8P. The van der Waals surface area contributed by atoms with Crippen LogP contribution in [-0.2, 0) is 37.7 Å². The first-order valence-corrected chi connectivity index (χ1v) is 10.7. The standard InChI is InChI=1S/C16H31N2O8P/c1-5-24-14(19)9-8-13(16(21)26-7-3)18-27(22,23-4)11-10-12(17)15(20)25-6-2/h12-13H,5-11,17H2,1-4H3,(H,18,22)/t12-,13-,27?/m0/s1. The van der Waals surface area contributed by atoms with E-state index >= 15 is 0 Å². The molecule has 1 unspecified atom stereocenters. The van der Waals surface area contributed by atoms with Crippen molar-refractivity contribution in [1.82, 2.24) is 5.09 Å². The SMILES string of the molecule is CCOC(=O)CC[C@H](NP(=O)(CC[C@H](N)C(=O)OCC)OC)C(=O)OCC. The van der Waals surface area contributed by atoms with Crippen molar-refractivity contribution in [2.45, 2.75) is 52.1 Å². The highest BCUT2D eigenvalue weighted by Gasteiger charge is 2.32. The quantitative estimate of drug-likeness (QED) is 0.241. The Kier molecular flexibility index (Phi) is 12.9. The first-order valence-electron chi connectivity index (χ1n) is 8.89. The van der Waals surface area contributed by atoms with Crippen LogP contribution in [0.3, 0.4) is 0 Å². The molecule has 0 heterocycles. The molecule has 27 heavy (non-hydrogen) atoms. The lowest BCUT2D eigenvalue weighted by Gasteiger charge is -2.24. The number of hydrogen-bond acceptors (Lipinski definition) is 9. The molecule has 0 saturated carbocycles. The molecule has 0 aromatic heterocycles. The molecule has 10 nitrogen and oxygen atoms in total. The molecule has 0 amide bonds. The topological polar surface area (TPSA) is 143 Å². The molecule has 0 aliphatic carbocycles. The normalized spacial score (nSPS) is 15.3. The molecule has 0 aromatic carbocycles. The molecule has 0 rings (SSSR count). The number of nitrogens with two attached hydrogens (primary N) is 1. The largest absolute Gasteiger partial charge is 0.466 e. The summed E-state index contributed by atoms with van der Waals surface area (Å²) in [5.74, 6) is -1.75. The number of hydrogen-bond donors (Lipinski definition) is 2. The number of carbonyl (C=O) groups is 3. The van der Waals surface area contributed by atoms with E-state index in [2.05, 4.69) is 5.09 Å². The Labute approximate surface area is 159 Å². The molecule has 0 aliphatic rings. The first kappa shape index (κ1) is 25.5. The van der Waals surface area contributed by atoms with Gasteiger partial charge in [0, 0.05) is 19.7 Å². The third-order valence-electron chi connectivity index (χ3n) is 3.48. The van der Waals surface area contributed by atoms with Gasteiger partial charge in [0.2, 0.25) is 0 Å². The van der Waals surface area contributed by atoms with E-state index in [1.54, 1.807) is 20.8 Å². The highest BCUT2D eigenvalue weighted by Crippen LogP contribution is 2.43.